The van der Waals surface area contributed by atoms with E-state index in [1.807, 2.05) is 0 Å². The summed E-state index contributed by atoms with van der Waals surface area (Å²) in [4.78, 5) is 13.4. The average Bonchev–Trinajstić information content (AvgIpc) is 3.46. The van der Waals surface area contributed by atoms with Crippen LogP contribution in [0.3, 0.4) is 0 Å². The van der Waals surface area contributed by atoms with Crippen LogP contribution in [0, 0.1) is 0 Å². The zero-order valence-corrected chi connectivity index (χ0v) is 19.3. The molecule has 0 amide bonds. The van der Waals surface area contributed by atoms with E-state index in [0.29, 0.717) is 22.5 Å². The number of carbonyl (C=O) groups is 1. The van der Waals surface area contributed by atoms with Crippen molar-refractivity contribution in [2.24, 2.45) is 0 Å². The second-order valence-electron chi connectivity index (χ2n) is 8.23. The maximum atomic E-state index is 13.4. The van der Waals surface area contributed by atoms with Crippen molar-refractivity contribution in [3.8, 4) is 0 Å². The van der Waals surface area contributed by atoms with Crippen LogP contribution in [0.4, 0.5) is 0 Å². The first kappa shape index (κ1) is 22.4. The molecule has 3 aromatic rings. The maximum Gasteiger partial charge on any atom is 0.198 e. The molecule has 1 saturated carbocycles. The quantitative estimate of drug-likeness (QED) is 0.460. The normalized spacial score (nSPS) is 15.4. The average molecular weight is 474 g/mol. The summed E-state index contributed by atoms with van der Waals surface area (Å²) in [6.07, 6.45) is 5.37. The second kappa shape index (κ2) is 8.29. The molecule has 0 saturated heterocycles. The van der Waals surface area contributed by atoms with Crippen molar-refractivity contribution in [3.05, 3.63) is 82.7 Å². The summed E-state index contributed by atoms with van der Waals surface area (Å²) >= 11 is 0. The van der Waals surface area contributed by atoms with Gasteiger partial charge in [0.05, 0.1) is 21.9 Å². The summed E-state index contributed by atoms with van der Waals surface area (Å²) in [5, 5.41) is 2.84. The first-order valence-corrected chi connectivity index (χ1v) is 14.0. The van der Waals surface area contributed by atoms with E-state index in [0.717, 1.165) is 25.4 Å². The van der Waals surface area contributed by atoms with Crippen molar-refractivity contribution in [1.29, 1.82) is 0 Å². The van der Waals surface area contributed by atoms with Crippen LogP contribution < -0.4 is 0 Å². The number of nitrogens with zero attached hydrogens (tertiary/aromatic N) is 1. The molecule has 1 aliphatic carbocycles. The Morgan fingerprint density at radius 1 is 1.03 bits per heavy atom. The Balaban J connectivity index is 1.83. The van der Waals surface area contributed by atoms with Gasteiger partial charge in [-0.3, -0.25) is 4.79 Å². The van der Waals surface area contributed by atoms with Gasteiger partial charge in [0.15, 0.2) is 31.2 Å². The van der Waals surface area contributed by atoms with Gasteiger partial charge < -0.3 is 4.52 Å². The van der Waals surface area contributed by atoms with Crippen molar-refractivity contribution in [3.63, 3.8) is 0 Å². The van der Waals surface area contributed by atoms with E-state index < -0.39 is 24.9 Å². The van der Waals surface area contributed by atoms with Crippen molar-refractivity contribution in [1.82, 2.24) is 5.16 Å². The third-order valence-corrected chi connectivity index (χ3v) is 8.22. The molecule has 2 aromatic carbocycles. The van der Waals surface area contributed by atoms with E-state index >= 15 is 0 Å². The fourth-order valence-electron chi connectivity index (χ4n) is 3.78. The van der Waals surface area contributed by atoms with E-state index in [9.17, 15) is 21.6 Å². The van der Waals surface area contributed by atoms with Gasteiger partial charge in [-0.15, -0.1) is 0 Å². The SMILES string of the molecule is CS(=O)(=O)c1ccc(C(=O)c2cnoc2C2CC2)c(CC(c2ccccc2)S(C)(=O)=O)c1. The standard InChI is InChI=1S/C23H23NO6S2/c1-31(26,27)18-10-11-19(22(25)20-14-24-30-23(20)16-8-9-16)17(12-18)13-21(32(2,28)29)15-6-4-3-5-7-15/h3-7,10-12,14,16,21H,8-9,13H2,1-2H3. The highest BCUT2D eigenvalue weighted by atomic mass is 32.2. The summed E-state index contributed by atoms with van der Waals surface area (Å²) in [6.45, 7) is 0. The number of sulfone groups is 2. The van der Waals surface area contributed by atoms with Gasteiger partial charge in [-0.1, -0.05) is 35.5 Å². The topological polar surface area (TPSA) is 111 Å². The zero-order chi connectivity index (χ0) is 23.1. The van der Waals surface area contributed by atoms with Gasteiger partial charge >= 0.3 is 0 Å². The second-order valence-corrected chi connectivity index (χ2v) is 12.5. The Hall–Kier alpha value is -2.78. The molecule has 1 atom stereocenters. The van der Waals surface area contributed by atoms with Crippen molar-refractivity contribution < 1.29 is 26.2 Å². The Kier molecular flexibility index (Phi) is 5.81. The van der Waals surface area contributed by atoms with Crippen molar-refractivity contribution in [2.45, 2.75) is 35.3 Å². The van der Waals surface area contributed by atoms with Crippen LogP contribution in [-0.2, 0) is 26.1 Å². The van der Waals surface area contributed by atoms with Gasteiger partial charge in [-0.25, -0.2) is 16.8 Å². The number of hydrogen-bond donors (Lipinski definition) is 0. The fourth-order valence-corrected chi connectivity index (χ4v) is 5.58. The number of carbonyl (C=O) groups excluding carboxylic acids is 1. The summed E-state index contributed by atoms with van der Waals surface area (Å²) in [6, 6.07) is 12.9. The van der Waals surface area contributed by atoms with Gasteiger partial charge in [0.1, 0.15) is 0 Å². The molecular weight excluding hydrogens is 450 g/mol. The summed E-state index contributed by atoms with van der Waals surface area (Å²) in [7, 11) is -7.12. The molecule has 1 aliphatic rings. The lowest BCUT2D eigenvalue weighted by Gasteiger charge is -2.18. The minimum atomic E-state index is -3.56. The van der Waals surface area contributed by atoms with Crippen molar-refractivity contribution >= 4 is 25.5 Å². The van der Waals surface area contributed by atoms with E-state index in [1.54, 1.807) is 30.3 Å². The molecule has 0 bridgehead atoms. The molecule has 1 fully saturated rings. The van der Waals surface area contributed by atoms with Gasteiger partial charge in [-0.05, 0) is 48.6 Å². The van der Waals surface area contributed by atoms with E-state index in [1.165, 1.54) is 24.4 Å². The molecule has 168 valence electrons. The highest BCUT2D eigenvalue weighted by Gasteiger charge is 2.34. The Labute approximate surface area is 187 Å². The van der Waals surface area contributed by atoms with E-state index in [4.69, 9.17) is 4.52 Å². The Morgan fingerprint density at radius 3 is 2.31 bits per heavy atom. The molecule has 1 unspecified atom stereocenters. The van der Waals surface area contributed by atoms with Crippen LogP contribution in [0.15, 0.2) is 64.1 Å². The van der Waals surface area contributed by atoms with Crippen molar-refractivity contribution in [2.75, 3.05) is 12.5 Å². The smallest absolute Gasteiger partial charge is 0.198 e. The molecule has 4 rings (SSSR count). The Morgan fingerprint density at radius 2 is 1.72 bits per heavy atom. The molecule has 0 N–H and O–H groups in total. The minimum absolute atomic E-state index is 0.0251. The fraction of sp³-hybridized carbons (Fsp3) is 0.304. The number of aromatic nitrogens is 1. The van der Waals surface area contributed by atoms with Gasteiger partial charge in [0.2, 0.25) is 0 Å². The van der Waals surface area contributed by atoms with Gasteiger partial charge in [-0.2, -0.15) is 0 Å². The number of hydrogen-bond acceptors (Lipinski definition) is 7. The number of rotatable bonds is 8. The minimum Gasteiger partial charge on any atom is -0.360 e. The lowest BCUT2D eigenvalue weighted by molar-refractivity contribution is 0.103. The molecule has 0 radical (unpaired) electrons. The monoisotopic (exact) mass is 473 g/mol. The van der Waals surface area contributed by atoms with E-state index in [-0.39, 0.29) is 28.6 Å². The molecule has 1 heterocycles. The van der Waals surface area contributed by atoms with Crippen LogP contribution >= 0.6 is 0 Å². The van der Waals surface area contributed by atoms with Crippen LogP contribution in [0.5, 0.6) is 0 Å². The van der Waals surface area contributed by atoms with Crippen LogP contribution in [0.25, 0.3) is 0 Å². The largest absolute Gasteiger partial charge is 0.360 e. The third kappa shape index (κ3) is 4.68. The molecule has 0 spiro atoms. The summed E-state index contributed by atoms with van der Waals surface area (Å²) < 4.78 is 54.9. The number of ketones is 1. The highest BCUT2D eigenvalue weighted by molar-refractivity contribution is 7.91. The molecule has 1 aromatic heterocycles. The van der Waals surface area contributed by atoms with Gasteiger partial charge in [0, 0.05) is 24.0 Å². The predicted octanol–water partition coefficient (Wildman–Crippen LogP) is 3.51. The van der Waals surface area contributed by atoms with Crippen LogP contribution in [0.1, 0.15) is 56.8 Å². The maximum absolute atomic E-state index is 13.4. The molecule has 9 heteroatoms. The molecule has 0 aliphatic heterocycles. The van der Waals surface area contributed by atoms with Crippen LogP contribution in [-0.4, -0.2) is 40.3 Å². The lowest BCUT2D eigenvalue weighted by atomic mass is 9.94. The van der Waals surface area contributed by atoms with Crippen LogP contribution in [0.2, 0.25) is 0 Å². The van der Waals surface area contributed by atoms with E-state index in [2.05, 4.69) is 5.16 Å². The summed E-state index contributed by atoms with van der Waals surface area (Å²) in [5.74, 6) is 0.322. The molecule has 32 heavy (non-hydrogen) atoms. The zero-order valence-electron chi connectivity index (χ0n) is 17.7. The first-order chi connectivity index (χ1) is 15.1. The lowest BCUT2D eigenvalue weighted by Crippen LogP contribution is -2.17. The molecular formula is C23H23NO6S2. The molecule has 7 nitrogen and oxygen atoms in total. The Bertz CT molecular complexity index is 1370. The first-order valence-electron chi connectivity index (χ1n) is 10.1. The summed E-state index contributed by atoms with van der Waals surface area (Å²) in [5.41, 5.74) is 1.49. The van der Waals surface area contributed by atoms with Gasteiger partial charge in [0.25, 0.3) is 0 Å². The number of benzene rings is 2. The highest BCUT2D eigenvalue weighted by Crippen LogP contribution is 2.42. The third-order valence-electron chi connectivity index (χ3n) is 5.63. The predicted molar refractivity (Wildman–Crippen MR) is 119 cm³/mol.